The number of hydrogen-bond donors (Lipinski definition) is 2. The number of rotatable bonds is 9. The molecule has 4 heteroatoms. The molecule has 17 heavy (non-hydrogen) atoms. The summed E-state index contributed by atoms with van der Waals surface area (Å²) in [4.78, 5) is 0. The molecule has 0 aliphatic heterocycles. The third kappa shape index (κ3) is 5.33. The monoisotopic (exact) mass is 239 g/mol. The summed E-state index contributed by atoms with van der Waals surface area (Å²) in [5, 5.41) is 16.4. The molecular weight excluding hydrogens is 214 g/mol. The molecule has 1 heterocycles. The van der Waals surface area contributed by atoms with Crippen LogP contribution in [0.5, 0.6) is 0 Å². The highest BCUT2D eigenvalue weighted by atomic mass is 16.2. The number of aliphatic hydroxyl groups is 1. The van der Waals surface area contributed by atoms with Crippen molar-refractivity contribution in [3.05, 3.63) is 18.0 Å². The van der Waals surface area contributed by atoms with Crippen LogP contribution in [0.1, 0.15) is 51.1 Å². The van der Waals surface area contributed by atoms with Gasteiger partial charge in [-0.3, -0.25) is 4.68 Å². The van der Waals surface area contributed by atoms with Crippen molar-refractivity contribution in [2.45, 2.75) is 52.1 Å². The third-order valence-corrected chi connectivity index (χ3v) is 3.01. The summed E-state index contributed by atoms with van der Waals surface area (Å²) in [5.41, 5.74) is 1.25. The summed E-state index contributed by atoms with van der Waals surface area (Å²) >= 11 is 0. The Morgan fingerprint density at radius 1 is 1.35 bits per heavy atom. The molecule has 1 aromatic rings. The van der Waals surface area contributed by atoms with E-state index in [9.17, 15) is 0 Å². The van der Waals surface area contributed by atoms with Gasteiger partial charge in [-0.2, -0.15) is 5.10 Å². The highest BCUT2D eigenvalue weighted by Crippen LogP contribution is 2.11. The van der Waals surface area contributed by atoms with Gasteiger partial charge in [-0.1, -0.05) is 12.8 Å². The fraction of sp³-hybridized carbons (Fsp3) is 0.769. The summed E-state index contributed by atoms with van der Waals surface area (Å²) in [7, 11) is 0. The predicted octanol–water partition coefficient (Wildman–Crippen LogP) is 2.11. The van der Waals surface area contributed by atoms with Gasteiger partial charge in [0.1, 0.15) is 0 Å². The van der Waals surface area contributed by atoms with Gasteiger partial charge in [0.25, 0.3) is 0 Å². The summed E-state index contributed by atoms with van der Waals surface area (Å²) < 4.78 is 1.95. The van der Waals surface area contributed by atoms with Crippen LogP contribution in [0.2, 0.25) is 0 Å². The molecule has 0 spiro atoms. The minimum Gasteiger partial charge on any atom is -0.396 e. The number of aromatic nitrogens is 2. The Hall–Kier alpha value is -0.870. The van der Waals surface area contributed by atoms with Crippen LogP contribution >= 0.6 is 0 Å². The molecule has 1 atom stereocenters. The lowest BCUT2D eigenvalue weighted by atomic mass is 10.1. The summed E-state index contributed by atoms with van der Waals surface area (Å²) in [6.45, 7) is 6.54. The Kier molecular flexibility index (Phi) is 6.89. The van der Waals surface area contributed by atoms with E-state index in [2.05, 4.69) is 30.5 Å². The van der Waals surface area contributed by atoms with Gasteiger partial charge in [-0.05, 0) is 33.2 Å². The molecule has 0 aromatic carbocycles. The van der Waals surface area contributed by atoms with Crippen molar-refractivity contribution in [3.63, 3.8) is 0 Å². The Morgan fingerprint density at radius 3 is 2.76 bits per heavy atom. The van der Waals surface area contributed by atoms with Gasteiger partial charge < -0.3 is 10.4 Å². The Balaban J connectivity index is 2.14. The molecule has 98 valence electrons. The number of nitrogens with zero attached hydrogens (tertiary/aromatic N) is 2. The van der Waals surface area contributed by atoms with Gasteiger partial charge in [0.05, 0.1) is 6.20 Å². The lowest BCUT2D eigenvalue weighted by Gasteiger charge is -2.11. The number of aliphatic hydroxyl groups excluding tert-OH is 1. The van der Waals surface area contributed by atoms with Gasteiger partial charge in [-0.15, -0.1) is 0 Å². The van der Waals surface area contributed by atoms with Gasteiger partial charge in [0.2, 0.25) is 0 Å². The van der Waals surface area contributed by atoms with Crippen LogP contribution in [-0.4, -0.2) is 28.0 Å². The maximum Gasteiger partial charge on any atom is 0.0537 e. The standard InChI is InChI=1S/C13H25N3O/c1-3-16-11-13(10-15-16)12(2)14-8-6-4-5-7-9-17/h10-12,14,17H,3-9H2,1-2H3. The zero-order chi connectivity index (χ0) is 12.5. The van der Waals surface area contributed by atoms with E-state index >= 15 is 0 Å². The average Bonchev–Trinajstić information content (AvgIpc) is 2.82. The number of nitrogens with one attached hydrogen (secondary N) is 1. The van der Waals surface area contributed by atoms with Crippen molar-refractivity contribution in [2.75, 3.05) is 13.2 Å². The largest absolute Gasteiger partial charge is 0.396 e. The van der Waals surface area contributed by atoms with Crippen molar-refractivity contribution in [3.8, 4) is 0 Å². The number of hydrogen-bond acceptors (Lipinski definition) is 3. The second kappa shape index (κ2) is 8.25. The van der Waals surface area contributed by atoms with Crippen LogP contribution in [0, 0.1) is 0 Å². The second-order valence-electron chi connectivity index (χ2n) is 4.44. The maximum absolute atomic E-state index is 8.66. The van der Waals surface area contributed by atoms with E-state index < -0.39 is 0 Å². The molecule has 4 nitrogen and oxygen atoms in total. The fourth-order valence-corrected chi connectivity index (χ4v) is 1.80. The van der Waals surface area contributed by atoms with Gasteiger partial charge in [0.15, 0.2) is 0 Å². The predicted molar refractivity (Wildman–Crippen MR) is 69.9 cm³/mol. The molecule has 0 amide bonds. The topological polar surface area (TPSA) is 50.1 Å². The molecule has 1 aromatic heterocycles. The molecule has 0 aliphatic carbocycles. The molecule has 2 N–H and O–H groups in total. The molecule has 0 bridgehead atoms. The summed E-state index contributed by atoms with van der Waals surface area (Å²) in [6.07, 6.45) is 8.45. The van der Waals surface area contributed by atoms with E-state index in [0.29, 0.717) is 12.6 Å². The third-order valence-electron chi connectivity index (χ3n) is 3.01. The van der Waals surface area contributed by atoms with Gasteiger partial charge in [0, 0.05) is 31.0 Å². The first kappa shape index (κ1) is 14.2. The molecule has 0 aliphatic rings. The minimum absolute atomic E-state index is 0.319. The van der Waals surface area contributed by atoms with Crippen LogP contribution in [0.4, 0.5) is 0 Å². The van der Waals surface area contributed by atoms with Crippen LogP contribution in [-0.2, 0) is 6.54 Å². The highest BCUT2D eigenvalue weighted by Gasteiger charge is 2.06. The van der Waals surface area contributed by atoms with Crippen LogP contribution in [0.15, 0.2) is 12.4 Å². The van der Waals surface area contributed by atoms with Crippen molar-refractivity contribution in [1.29, 1.82) is 0 Å². The Morgan fingerprint density at radius 2 is 2.12 bits per heavy atom. The lowest BCUT2D eigenvalue weighted by Crippen LogP contribution is -2.19. The van der Waals surface area contributed by atoms with Crippen molar-refractivity contribution in [2.24, 2.45) is 0 Å². The van der Waals surface area contributed by atoms with Crippen LogP contribution < -0.4 is 5.32 Å². The van der Waals surface area contributed by atoms with E-state index in [1.165, 1.54) is 18.4 Å². The SMILES string of the molecule is CCn1cc(C(C)NCCCCCCO)cn1. The van der Waals surface area contributed by atoms with Crippen molar-refractivity contribution in [1.82, 2.24) is 15.1 Å². The van der Waals surface area contributed by atoms with Crippen LogP contribution in [0.3, 0.4) is 0 Å². The molecule has 1 rings (SSSR count). The first-order chi connectivity index (χ1) is 8.27. The molecule has 0 radical (unpaired) electrons. The highest BCUT2D eigenvalue weighted by molar-refractivity contribution is 5.08. The van der Waals surface area contributed by atoms with E-state index in [0.717, 1.165) is 25.9 Å². The van der Waals surface area contributed by atoms with Gasteiger partial charge >= 0.3 is 0 Å². The summed E-state index contributed by atoms with van der Waals surface area (Å²) in [5.74, 6) is 0. The normalized spacial score (nSPS) is 12.9. The number of unbranched alkanes of at least 4 members (excludes halogenated alkanes) is 3. The molecular formula is C13H25N3O. The minimum atomic E-state index is 0.319. The molecule has 0 saturated carbocycles. The maximum atomic E-state index is 8.66. The quantitative estimate of drug-likeness (QED) is 0.649. The van der Waals surface area contributed by atoms with E-state index in [-0.39, 0.29) is 0 Å². The van der Waals surface area contributed by atoms with Crippen molar-refractivity contribution < 1.29 is 5.11 Å². The Bertz CT molecular complexity index is 299. The first-order valence-electron chi connectivity index (χ1n) is 6.64. The van der Waals surface area contributed by atoms with E-state index in [1.54, 1.807) is 0 Å². The molecule has 1 unspecified atom stereocenters. The second-order valence-corrected chi connectivity index (χ2v) is 4.44. The fourth-order valence-electron chi connectivity index (χ4n) is 1.80. The summed E-state index contributed by atoms with van der Waals surface area (Å²) in [6, 6.07) is 0.369. The first-order valence-corrected chi connectivity index (χ1v) is 6.64. The average molecular weight is 239 g/mol. The zero-order valence-electron chi connectivity index (χ0n) is 11.0. The Labute approximate surface area is 104 Å². The smallest absolute Gasteiger partial charge is 0.0537 e. The molecule has 0 fully saturated rings. The number of aryl methyl sites for hydroxylation is 1. The van der Waals surface area contributed by atoms with Crippen molar-refractivity contribution >= 4 is 0 Å². The van der Waals surface area contributed by atoms with E-state index in [4.69, 9.17) is 5.11 Å². The van der Waals surface area contributed by atoms with Crippen LogP contribution in [0.25, 0.3) is 0 Å². The lowest BCUT2D eigenvalue weighted by molar-refractivity contribution is 0.282. The zero-order valence-corrected chi connectivity index (χ0v) is 11.0. The van der Waals surface area contributed by atoms with E-state index in [1.807, 2.05) is 10.9 Å². The van der Waals surface area contributed by atoms with Gasteiger partial charge in [-0.25, -0.2) is 0 Å². The molecule has 0 saturated heterocycles.